The zero-order chi connectivity index (χ0) is 24.1. The number of carbonyl (C=O) groups is 2. The standard InChI is InChI=1S/C26H21ClFNO4S/c1-2-32-23-13-18(11-12-22(23)33-16-17-7-4-3-5-8-17)14-24-25(30)29(26(31)34-24)15-19-20(27)9-6-10-21(19)28/h3-14H,2,15-16H2,1H3/b24-14+. The van der Waals surface area contributed by atoms with Crippen LogP contribution in [0.1, 0.15) is 23.6 Å². The summed E-state index contributed by atoms with van der Waals surface area (Å²) in [5.74, 6) is 0.0364. The minimum atomic E-state index is -0.567. The van der Waals surface area contributed by atoms with Gasteiger partial charge in [0.25, 0.3) is 11.1 Å². The SMILES string of the molecule is CCOc1cc(/C=C2/SC(=O)N(Cc3c(F)cccc3Cl)C2=O)ccc1OCc1ccccc1. The van der Waals surface area contributed by atoms with E-state index in [1.807, 2.05) is 37.3 Å². The molecule has 0 aliphatic carbocycles. The van der Waals surface area contributed by atoms with E-state index in [0.29, 0.717) is 30.3 Å². The van der Waals surface area contributed by atoms with Gasteiger partial charge in [0.1, 0.15) is 12.4 Å². The van der Waals surface area contributed by atoms with E-state index in [4.69, 9.17) is 21.1 Å². The number of hydrogen-bond acceptors (Lipinski definition) is 5. The van der Waals surface area contributed by atoms with Gasteiger partial charge in [0, 0.05) is 10.6 Å². The Hall–Kier alpha value is -3.29. The van der Waals surface area contributed by atoms with Gasteiger partial charge in [-0.15, -0.1) is 0 Å². The van der Waals surface area contributed by atoms with Gasteiger partial charge in [-0.1, -0.05) is 54.1 Å². The topological polar surface area (TPSA) is 55.8 Å². The Morgan fingerprint density at radius 2 is 1.79 bits per heavy atom. The summed E-state index contributed by atoms with van der Waals surface area (Å²) in [4.78, 5) is 26.6. The third-order valence-corrected chi connectivity index (χ3v) is 6.32. The molecule has 0 N–H and O–H groups in total. The van der Waals surface area contributed by atoms with Gasteiger partial charge in [-0.2, -0.15) is 0 Å². The van der Waals surface area contributed by atoms with Gasteiger partial charge >= 0.3 is 0 Å². The zero-order valence-corrected chi connectivity index (χ0v) is 19.9. The van der Waals surface area contributed by atoms with Crippen LogP contribution >= 0.6 is 23.4 Å². The van der Waals surface area contributed by atoms with Gasteiger partial charge < -0.3 is 9.47 Å². The van der Waals surface area contributed by atoms with Crippen LogP contribution in [0.5, 0.6) is 11.5 Å². The molecule has 0 unspecified atom stereocenters. The van der Waals surface area contributed by atoms with Crippen LogP contribution in [0.15, 0.2) is 71.6 Å². The number of benzene rings is 3. The maximum absolute atomic E-state index is 14.1. The van der Waals surface area contributed by atoms with Gasteiger partial charge in [0.15, 0.2) is 11.5 Å². The number of hydrogen-bond donors (Lipinski definition) is 0. The summed E-state index contributed by atoms with van der Waals surface area (Å²) in [6, 6.07) is 19.3. The average Bonchev–Trinajstić information content (AvgIpc) is 3.09. The van der Waals surface area contributed by atoms with Crippen LogP contribution in [0.3, 0.4) is 0 Å². The van der Waals surface area contributed by atoms with Crippen LogP contribution in [0.25, 0.3) is 6.08 Å². The minimum Gasteiger partial charge on any atom is -0.490 e. The lowest BCUT2D eigenvalue weighted by molar-refractivity contribution is -0.123. The Kier molecular flexibility index (Phi) is 7.55. The van der Waals surface area contributed by atoms with E-state index in [2.05, 4.69) is 0 Å². The first kappa shape index (κ1) is 23.9. The molecule has 1 saturated heterocycles. The summed E-state index contributed by atoms with van der Waals surface area (Å²) in [5, 5.41) is -0.320. The molecule has 2 amide bonds. The molecule has 34 heavy (non-hydrogen) atoms. The number of carbonyl (C=O) groups excluding carboxylic acids is 2. The van der Waals surface area contributed by atoms with Gasteiger partial charge in [-0.05, 0) is 60.2 Å². The van der Waals surface area contributed by atoms with E-state index in [9.17, 15) is 14.0 Å². The van der Waals surface area contributed by atoms with Crippen LogP contribution in [-0.2, 0) is 17.9 Å². The molecular formula is C26H21ClFNO4S. The summed E-state index contributed by atoms with van der Waals surface area (Å²) < 4.78 is 25.8. The van der Waals surface area contributed by atoms with E-state index < -0.39 is 17.0 Å². The quantitative estimate of drug-likeness (QED) is 0.324. The summed E-state index contributed by atoms with van der Waals surface area (Å²) in [5.41, 5.74) is 1.80. The molecule has 3 aromatic rings. The van der Waals surface area contributed by atoms with Crippen LogP contribution in [0.2, 0.25) is 5.02 Å². The van der Waals surface area contributed by atoms with Crippen molar-refractivity contribution in [3.63, 3.8) is 0 Å². The molecular weight excluding hydrogens is 477 g/mol. The molecule has 5 nitrogen and oxygen atoms in total. The van der Waals surface area contributed by atoms with Crippen LogP contribution in [-0.4, -0.2) is 22.7 Å². The first-order valence-corrected chi connectivity index (χ1v) is 11.8. The van der Waals surface area contributed by atoms with Crippen molar-refractivity contribution in [2.24, 2.45) is 0 Å². The summed E-state index contributed by atoms with van der Waals surface area (Å²) in [6.07, 6.45) is 1.61. The van der Waals surface area contributed by atoms with Crippen molar-refractivity contribution < 1.29 is 23.5 Å². The number of amides is 2. The molecule has 1 aliphatic rings. The fourth-order valence-electron chi connectivity index (χ4n) is 3.37. The predicted octanol–water partition coefficient (Wildman–Crippen LogP) is 6.69. The van der Waals surface area contributed by atoms with Crippen molar-refractivity contribution >= 4 is 40.6 Å². The number of halogens is 2. The van der Waals surface area contributed by atoms with Crippen molar-refractivity contribution in [3.8, 4) is 11.5 Å². The molecule has 174 valence electrons. The summed E-state index contributed by atoms with van der Waals surface area (Å²) in [7, 11) is 0. The first-order chi connectivity index (χ1) is 16.5. The predicted molar refractivity (Wildman–Crippen MR) is 131 cm³/mol. The highest BCUT2D eigenvalue weighted by Crippen LogP contribution is 2.36. The van der Waals surface area contributed by atoms with Gasteiger partial charge in [0.2, 0.25) is 0 Å². The smallest absolute Gasteiger partial charge is 0.293 e. The van der Waals surface area contributed by atoms with Crippen molar-refractivity contribution in [2.75, 3.05) is 6.61 Å². The lowest BCUT2D eigenvalue weighted by Crippen LogP contribution is -2.28. The Labute approximate surface area is 206 Å². The molecule has 0 spiro atoms. The highest BCUT2D eigenvalue weighted by molar-refractivity contribution is 8.18. The van der Waals surface area contributed by atoms with E-state index in [-0.39, 0.29) is 22.0 Å². The Balaban J connectivity index is 1.53. The van der Waals surface area contributed by atoms with Crippen LogP contribution < -0.4 is 9.47 Å². The third kappa shape index (κ3) is 5.43. The van der Waals surface area contributed by atoms with Crippen molar-refractivity contribution in [2.45, 2.75) is 20.1 Å². The molecule has 0 aromatic heterocycles. The number of imide groups is 1. The normalized spacial score (nSPS) is 14.7. The zero-order valence-electron chi connectivity index (χ0n) is 18.3. The molecule has 1 aliphatic heterocycles. The highest BCUT2D eigenvalue weighted by Gasteiger charge is 2.36. The molecule has 8 heteroatoms. The summed E-state index contributed by atoms with van der Waals surface area (Å²) >= 11 is 6.86. The summed E-state index contributed by atoms with van der Waals surface area (Å²) in [6.45, 7) is 2.46. The van der Waals surface area contributed by atoms with Crippen molar-refractivity contribution in [1.82, 2.24) is 4.90 Å². The van der Waals surface area contributed by atoms with Crippen LogP contribution in [0, 0.1) is 5.82 Å². The van der Waals surface area contributed by atoms with Crippen LogP contribution in [0.4, 0.5) is 9.18 Å². The maximum Gasteiger partial charge on any atom is 0.293 e. The minimum absolute atomic E-state index is 0.103. The fourth-order valence-corrected chi connectivity index (χ4v) is 4.43. The lowest BCUT2D eigenvalue weighted by Gasteiger charge is -2.14. The number of nitrogens with zero attached hydrogens (tertiary/aromatic N) is 1. The Morgan fingerprint density at radius 1 is 1.00 bits per heavy atom. The average molecular weight is 498 g/mol. The molecule has 1 heterocycles. The number of thioether (sulfide) groups is 1. The molecule has 1 fully saturated rings. The van der Waals surface area contributed by atoms with Gasteiger partial charge in [-0.25, -0.2) is 4.39 Å². The maximum atomic E-state index is 14.1. The second kappa shape index (κ2) is 10.8. The molecule has 0 atom stereocenters. The Morgan fingerprint density at radius 3 is 2.53 bits per heavy atom. The second-order valence-electron chi connectivity index (χ2n) is 7.38. The fraction of sp³-hybridized carbons (Fsp3) is 0.154. The molecule has 0 radical (unpaired) electrons. The van der Waals surface area contributed by atoms with Crippen molar-refractivity contribution in [1.29, 1.82) is 0 Å². The molecule has 0 bridgehead atoms. The third-order valence-electron chi connectivity index (χ3n) is 5.05. The molecule has 4 rings (SSSR count). The van der Waals surface area contributed by atoms with E-state index in [1.165, 1.54) is 18.2 Å². The molecule has 3 aromatic carbocycles. The van der Waals surface area contributed by atoms with E-state index in [0.717, 1.165) is 22.2 Å². The number of ether oxygens (including phenoxy) is 2. The van der Waals surface area contributed by atoms with E-state index in [1.54, 1.807) is 24.3 Å². The largest absolute Gasteiger partial charge is 0.490 e. The van der Waals surface area contributed by atoms with Gasteiger partial charge in [0.05, 0.1) is 18.1 Å². The first-order valence-electron chi connectivity index (χ1n) is 10.6. The van der Waals surface area contributed by atoms with Crippen molar-refractivity contribution in [3.05, 3.63) is 99.2 Å². The number of rotatable bonds is 8. The highest BCUT2D eigenvalue weighted by atomic mass is 35.5. The Bertz CT molecular complexity index is 1230. The second-order valence-corrected chi connectivity index (χ2v) is 8.78. The lowest BCUT2D eigenvalue weighted by atomic mass is 10.1. The van der Waals surface area contributed by atoms with Gasteiger partial charge in [-0.3, -0.25) is 14.5 Å². The van der Waals surface area contributed by atoms with E-state index >= 15 is 0 Å². The monoisotopic (exact) mass is 497 g/mol. The molecule has 0 saturated carbocycles.